The molecule has 4 saturated carbocycles. The van der Waals surface area contributed by atoms with E-state index in [1.165, 1.54) is 12.8 Å². The largest absolute Gasteiger partial charge is 0.394 e. The van der Waals surface area contributed by atoms with E-state index >= 15 is 0 Å². The Hall–Kier alpha value is -0.920. The van der Waals surface area contributed by atoms with Gasteiger partial charge in [0.05, 0.1) is 45.2 Å². The topological polar surface area (TPSA) is 355 Å². The Balaban J connectivity index is 0.747. The Kier molecular flexibility index (Phi) is 16.6. The first kappa shape index (κ1) is 56.4. The van der Waals surface area contributed by atoms with E-state index in [0.29, 0.717) is 47.8 Å². The number of fused-ring (bicyclic) bond motifs is 7. The maximum Gasteiger partial charge on any atom is 0.187 e. The molecule has 6 aliphatic heterocycles. The molecule has 10 aliphatic rings. The number of hydrogen-bond acceptors (Lipinski definition) is 23. The molecule has 10 fully saturated rings. The van der Waals surface area contributed by atoms with Crippen molar-refractivity contribution >= 4 is 0 Å². The van der Waals surface area contributed by atoms with Gasteiger partial charge in [-0.05, 0) is 104 Å². The molecule has 6 heterocycles. The molecule has 0 bridgehead atoms. The molecule has 23 nitrogen and oxygen atoms in total. The molecule has 1 spiro atoms. The summed E-state index contributed by atoms with van der Waals surface area (Å²) in [6.45, 7) is 7.33. The van der Waals surface area contributed by atoms with Gasteiger partial charge < -0.3 is 114 Å². The van der Waals surface area contributed by atoms with Crippen molar-refractivity contribution in [3.05, 3.63) is 0 Å². The van der Waals surface area contributed by atoms with Gasteiger partial charge in [0.1, 0.15) is 97.7 Å². The highest BCUT2D eigenvalue weighted by Gasteiger charge is 2.69. The van der Waals surface area contributed by atoms with Gasteiger partial charge >= 0.3 is 0 Å². The summed E-state index contributed by atoms with van der Waals surface area (Å²) < 4.78 is 60.4. The fourth-order valence-electron chi connectivity index (χ4n) is 16.1. The predicted molar refractivity (Wildman–Crippen MR) is 248 cm³/mol. The first-order valence-corrected chi connectivity index (χ1v) is 27.3. The molecule has 0 radical (unpaired) electrons. The number of hydrogen-bond donors (Lipinski definition) is 13. The van der Waals surface area contributed by atoms with Crippen LogP contribution >= 0.6 is 0 Å². The van der Waals surface area contributed by atoms with Gasteiger partial charge in [-0.15, -0.1) is 0 Å². The summed E-state index contributed by atoms with van der Waals surface area (Å²) in [7, 11) is 0. The second-order valence-electron chi connectivity index (χ2n) is 24.4. The zero-order valence-electron chi connectivity index (χ0n) is 42.7. The normalized spacial score (nSPS) is 57.6. The van der Waals surface area contributed by atoms with E-state index in [0.717, 1.165) is 51.6 Å². The minimum atomic E-state index is -1.96. The Morgan fingerprint density at radius 3 is 1.70 bits per heavy atom. The maximum atomic E-state index is 11.6. The average Bonchev–Trinajstić information content (AvgIpc) is 3.84. The zero-order valence-corrected chi connectivity index (χ0v) is 42.7. The number of aliphatic hydroxyl groups is 13. The Bertz CT molecular complexity index is 1880. The second kappa shape index (κ2) is 21.9. The molecule has 6 saturated heterocycles. The molecule has 0 aromatic carbocycles. The zero-order chi connectivity index (χ0) is 52.9. The highest BCUT2D eigenvalue weighted by atomic mass is 16.8. The van der Waals surface area contributed by atoms with E-state index in [2.05, 4.69) is 27.7 Å². The van der Waals surface area contributed by atoms with Crippen molar-refractivity contribution in [3.8, 4) is 0 Å². The van der Waals surface area contributed by atoms with Crippen molar-refractivity contribution in [3.63, 3.8) is 0 Å². The Morgan fingerprint density at radius 1 is 0.500 bits per heavy atom. The van der Waals surface area contributed by atoms with Gasteiger partial charge in [-0.2, -0.15) is 0 Å². The quantitative estimate of drug-likeness (QED) is 0.0872. The standard InChI is InChI=1S/C51H84O23/c1-20-7-12-51(66-18-20)21(2)32-27(74-51)14-26-24-6-5-22-13-23(8-10-49(22,3)25(24)9-11-50(26,32)4)67-45-42(64)39(61)43(30(17-54)70-45)72-47-41(63)37(59)35(57)31(71-47)19-65-48-44(38(60)34(56)29(16-53)69-48)73-46-40(62)36(58)33(55)28(15-52)68-46/h20-48,52-64H,5-19H2,1-4H3/t20-,21-,22+,23-,24+,25-,26-,27-,28-,29-,30+,31-,32-,33-,34-,35-,36+,37+,38+,39+,40-,41-,42+,43+,44-,45+,46+,47+,48-,49-,50-,51+/m0/s1. The van der Waals surface area contributed by atoms with Gasteiger partial charge in [0.15, 0.2) is 30.9 Å². The number of aliphatic hydroxyl groups excluding tert-OH is 13. The lowest BCUT2D eigenvalue weighted by atomic mass is 9.44. The van der Waals surface area contributed by atoms with Crippen LogP contribution in [0.25, 0.3) is 0 Å². The fourth-order valence-corrected chi connectivity index (χ4v) is 16.1. The molecule has 10 rings (SSSR count). The van der Waals surface area contributed by atoms with Gasteiger partial charge in [0.25, 0.3) is 0 Å². The van der Waals surface area contributed by atoms with Gasteiger partial charge in [0, 0.05) is 12.3 Å². The van der Waals surface area contributed by atoms with E-state index in [1.54, 1.807) is 0 Å². The predicted octanol–water partition coefficient (Wildman–Crippen LogP) is -2.91. The molecule has 0 unspecified atom stereocenters. The lowest BCUT2D eigenvalue weighted by Crippen LogP contribution is -2.66. The molecule has 426 valence electrons. The van der Waals surface area contributed by atoms with Gasteiger partial charge in [-0.1, -0.05) is 27.7 Å². The SMILES string of the molecule is C[C@H]1CC[C@@]2(OC1)O[C@H]1C[C@H]3[C@@H]4CC[C@@H]5C[C@@H](O[C@@H]6O[C@H](CO)[C@@H](O[C@H]7O[C@@H](CO[C@H]8O[C@@H](CO)[C@H](O)[C@@H](O)[C@@H]8O[C@H]8O[C@@H](CO)[C@H](O)[C@@H](O)[C@@H]8O)[C@H](O)[C@@H](O)[C@@H]7O)[C@H](O)[C@H]6O)CC[C@]5(C)[C@H]4CC[C@]3(C)[C@H]1[C@@H]2C. The number of rotatable bonds is 12. The van der Waals surface area contributed by atoms with Gasteiger partial charge in [-0.25, -0.2) is 0 Å². The van der Waals surface area contributed by atoms with Crippen LogP contribution in [0, 0.1) is 52.3 Å². The van der Waals surface area contributed by atoms with E-state index in [4.69, 9.17) is 47.4 Å². The molecule has 4 aliphatic carbocycles. The monoisotopic (exact) mass is 1060 g/mol. The van der Waals surface area contributed by atoms with Gasteiger partial charge in [0.2, 0.25) is 0 Å². The van der Waals surface area contributed by atoms with Crippen LogP contribution in [0.15, 0.2) is 0 Å². The molecule has 32 atom stereocenters. The summed E-state index contributed by atoms with van der Waals surface area (Å²) >= 11 is 0. The Labute approximate surface area is 430 Å². The van der Waals surface area contributed by atoms with Crippen molar-refractivity contribution < 1.29 is 114 Å². The summed E-state index contributed by atoms with van der Waals surface area (Å²) in [6.07, 6.45) is -24.3. The minimum Gasteiger partial charge on any atom is -0.394 e. The lowest BCUT2D eigenvalue weighted by molar-refractivity contribution is -0.379. The summed E-state index contributed by atoms with van der Waals surface area (Å²) in [5, 5.41) is 139. The lowest BCUT2D eigenvalue weighted by Gasteiger charge is -2.61. The molecule has 0 aromatic heterocycles. The molecular formula is C51H84O23. The van der Waals surface area contributed by atoms with Gasteiger partial charge in [-0.3, -0.25) is 0 Å². The van der Waals surface area contributed by atoms with E-state index in [1.807, 2.05) is 0 Å². The maximum absolute atomic E-state index is 11.6. The van der Waals surface area contributed by atoms with Crippen LogP contribution in [0.1, 0.15) is 91.9 Å². The van der Waals surface area contributed by atoms with Crippen LogP contribution in [0.5, 0.6) is 0 Å². The summed E-state index contributed by atoms with van der Waals surface area (Å²) in [5.74, 6) is 3.13. The van der Waals surface area contributed by atoms with E-state index in [9.17, 15) is 66.4 Å². The molecule has 74 heavy (non-hydrogen) atoms. The molecule has 23 heteroatoms. The third kappa shape index (κ3) is 9.66. The average molecular weight is 1070 g/mol. The van der Waals surface area contributed by atoms with E-state index < -0.39 is 155 Å². The van der Waals surface area contributed by atoms with Crippen molar-refractivity contribution in [1.29, 1.82) is 0 Å². The van der Waals surface area contributed by atoms with Crippen LogP contribution in [-0.2, 0) is 47.4 Å². The van der Waals surface area contributed by atoms with Crippen molar-refractivity contribution in [2.45, 2.75) is 233 Å². The first-order chi connectivity index (χ1) is 35.2. The van der Waals surface area contributed by atoms with Crippen LogP contribution < -0.4 is 0 Å². The third-order valence-corrected chi connectivity index (χ3v) is 20.4. The van der Waals surface area contributed by atoms with E-state index in [-0.39, 0.29) is 23.0 Å². The highest BCUT2D eigenvalue weighted by molar-refractivity contribution is 5.15. The smallest absolute Gasteiger partial charge is 0.187 e. The summed E-state index contributed by atoms with van der Waals surface area (Å²) in [4.78, 5) is 0. The van der Waals surface area contributed by atoms with Crippen LogP contribution in [0.3, 0.4) is 0 Å². The highest BCUT2D eigenvalue weighted by Crippen LogP contribution is 2.71. The Morgan fingerprint density at radius 2 is 1.05 bits per heavy atom. The molecule has 13 N–H and O–H groups in total. The summed E-state index contributed by atoms with van der Waals surface area (Å²) in [6, 6.07) is 0. The van der Waals surface area contributed by atoms with Crippen LogP contribution in [-0.4, -0.2) is 240 Å². The molecule has 0 aromatic rings. The second-order valence-corrected chi connectivity index (χ2v) is 24.4. The first-order valence-electron chi connectivity index (χ1n) is 27.3. The van der Waals surface area contributed by atoms with Crippen LogP contribution in [0.2, 0.25) is 0 Å². The summed E-state index contributed by atoms with van der Waals surface area (Å²) in [5.41, 5.74) is 0.317. The van der Waals surface area contributed by atoms with Crippen molar-refractivity contribution in [2.75, 3.05) is 33.0 Å². The fraction of sp³-hybridized carbons (Fsp3) is 1.00. The molecular weight excluding hydrogens is 981 g/mol. The van der Waals surface area contributed by atoms with Crippen molar-refractivity contribution in [2.24, 2.45) is 52.3 Å². The molecule has 0 amide bonds. The van der Waals surface area contributed by atoms with Crippen molar-refractivity contribution in [1.82, 2.24) is 0 Å². The minimum absolute atomic E-state index is 0.108. The number of ether oxygens (including phenoxy) is 10. The van der Waals surface area contributed by atoms with Crippen LogP contribution in [0.4, 0.5) is 0 Å². The third-order valence-electron chi connectivity index (χ3n) is 20.4.